The van der Waals surface area contributed by atoms with Gasteiger partial charge in [0.2, 0.25) is 0 Å². The van der Waals surface area contributed by atoms with E-state index in [2.05, 4.69) is 36.3 Å². The monoisotopic (exact) mass is 317 g/mol. The smallest absolute Gasteiger partial charge is 0.321 e. The minimum Gasteiger partial charge on any atom is -0.372 e. The summed E-state index contributed by atoms with van der Waals surface area (Å²) in [4.78, 5) is 16.6. The van der Waals surface area contributed by atoms with Gasteiger partial charge >= 0.3 is 6.03 Å². The summed E-state index contributed by atoms with van der Waals surface area (Å²) < 4.78 is 6.05. The number of amides is 2. The first-order valence-corrected chi connectivity index (χ1v) is 8.58. The summed E-state index contributed by atoms with van der Waals surface area (Å²) in [7, 11) is 2.14. The highest BCUT2D eigenvalue weighted by atomic mass is 16.5. The van der Waals surface area contributed by atoms with E-state index in [9.17, 15) is 4.79 Å². The quantitative estimate of drug-likeness (QED) is 0.912. The van der Waals surface area contributed by atoms with E-state index in [0.29, 0.717) is 0 Å². The molecule has 2 fully saturated rings. The molecule has 0 aromatic heterocycles. The molecule has 3 rings (SSSR count). The summed E-state index contributed by atoms with van der Waals surface area (Å²) in [5.74, 6) is 0. The predicted octanol–water partition coefficient (Wildman–Crippen LogP) is 2.58. The Kier molecular flexibility index (Phi) is 4.87. The van der Waals surface area contributed by atoms with Crippen molar-refractivity contribution >= 4 is 11.7 Å². The normalized spacial score (nSPS) is 21.4. The fourth-order valence-corrected chi connectivity index (χ4v) is 3.48. The number of anilines is 1. The topological polar surface area (TPSA) is 44.8 Å². The van der Waals surface area contributed by atoms with Gasteiger partial charge in [0, 0.05) is 31.9 Å². The molecule has 1 spiro atoms. The van der Waals surface area contributed by atoms with Crippen molar-refractivity contribution in [3.63, 3.8) is 0 Å². The van der Waals surface area contributed by atoms with Crippen molar-refractivity contribution in [3.8, 4) is 0 Å². The van der Waals surface area contributed by atoms with E-state index in [1.165, 1.54) is 5.56 Å². The highest BCUT2D eigenvalue weighted by Gasteiger charge is 2.39. The second-order valence-corrected chi connectivity index (χ2v) is 6.74. The number of benzene rings is 1. The zero-order chi connectivity index (χ0) is 16.3. The van der Waals surface area contributed by atoms with Gasteiger partial charge in [-0.2, -0.15) is 0 Å². The number of nitrogens with one attached hydrogen (secondary N) is 1. The van der Waals surface area contributed by atoms with Gasteiger partial charge in [0.15, 0.2) is 0 Å². The Morgan fingerprint density at radius 1 is 1.22 bits per heavy atom. The molecule has 0 atom stereocenters. The SMILES string of the molecule is CCc1ccc(NC(=O)N2CCC3(CC2)CN(C)CCO3)cc1. The zero-order valence-corrected chi connectivity index (χ0v) is 14.2. The molecule has 0 aliphatic carbocycles. The number of morpholine rings is 1. The van der Waals surface area contributed by atoms with Crippen LogP contribution in [0.15, 0.2) is 24.3 Å². The molecule has 0 saturated carbocycles. The van der Waals surface area contributed by atoms with Crippen LogP contribution in [-0.2, 0) is 11.2 Å². The van der Waals surface area contributed by atoms with Crippen molar-refractivity contribution in [2.45, 2.75) is 31.8 Å². The summed E-state index contributed by atoms with van der Waals surface area (Å²) in [5, 5.41) is 3.00. The van der Waals surface area contributed by atoms with E-state index < -0.39 is 0 Å². The molecule has 126 valence electrons. The summed E-state index contributed by atoms with van der Waals surface area (Å²) in [5.41, 5.74) is 2.09. The number of urea groups is 1. The highest BCUT2D eigenvalue weighted by molar-refractivity contribution is 5.89. The maximum absolute atomic E-state index is 12.4. The number of carbonyl (C=O) groups excluding carboxylic acids is 1. The first kappa shape index (κ1) is 16.3. The minimum absolute atomic E-state index is 0.00624. The average molecular weight is 317 g/mol. The number of aryl methyl sites for hydroxylation is 1. The number of hydrogen-bond acceptors (Lipinski definition) is 3. The van der Waals surface area contributed by atoms with Crippen LogP contribution in [0.3, 0.4) is 0 Å². The molecule has 5 nitrogen and oxygen atoms in total. The van der Waals surface area contributed by atoms with Gasteiger partial charge in [-0.25, -0.2) is 4.79 Å². The van der Waals surface area contributed by atoms with Gasteiger partial charge in [0.25, 0.3) is 0 Å². The third-order valence-corrected chi connectivity index (χ3v) is 5.01. The number of ether oxygens (including phenoxy) is 1. The molecular weight excluding hydrogens is 290 g/mol. The fraction of sp³-hybridized carbons (Fsp3) is 0.611. The Morgan fingerprint density at radius 2 is 1.91 bits per heavy atom. The lowest BCUT2D eigenvalue weighted by molar-refractivity contribution is -0.126. The van der Waals surface area contributed by atoms with E-state index in [1.807, 2.05) is 17.0 Å². The van der Waals surface area contributed by atoms with Crippen LogP contribution in [0, 0.1) is 0 Å². The minimum atomic E-state index is -0.0491. The Bertz CT molecular complexity index is 536. The molecule has 2 amide bonds. The van der Waals surface area contributed by atoms with Crippen LogP contribution in [-0.4, -0.2) is 61.3 Å². The van der Waals surface area contributed by atoms with E-state index in [1.54, 1.807) is 0 Å². The Labute approximate surface area is 138 Å². The molecule has 2 aliphatic heterocycles. The summed E-state index contributed by atoms with van der Waals surface area (Å²) in [6.45, 7) is 6.41. The Morgan fingerprint density at radius 3 is 2.52 bits per heavy atom. The molecule has 2 saturated heterocycles. The van der Waals surface area contributed by atoms with Gasteiger partial charge in [0.1, 0.15) is 0 Å². The van der Waals surface area contributed by atoms with Gasteiger partial charge < -0.3 is 19.9 Å². The highest BCUT2D eigenvalue weighted by Crippen LogP contribution is 2.29. The predicted molar refractivity (Wildman–Crippen MR) is 91.8 cm³/mol. The van der Waals surface area contributed by atoms with Gasteiger partial charge in [-0.05, 0) is 44.0 Å². The molecule has 1 N–H and O–H groups in total. The van der Waals surface area contributed by atoms with Crippen molar-refractivity contribution < 1.29 is 9.53 Å². The molecule has 23 heavy (non-hydrogen) atoms. The van der Waals surface area contributed by atoms with Crippen LogP contribution in [0.2, 0.25) is 0 Å². The fourth-order valence-electron chi connectivity index (χ4n) is 3.48. The van der Waals surface area contributed by atoms with E-state index >= 15 is 0 Å². The van der Waals surface area contributed by atoms with Crippen LogP contribution >= 0.6 is 0 Å². The van der Waals surface area contributed by atoms with Crippen molar-refractivity contribution in [2.75, 3.05) is 45.2 Å². The third kappa shape index (κ3) is 3.85. The second-order valence-electron chi connectivity index (χ2n) is 6.74. The molecule has 0 radical (unpaired) electrons. The first-order valence-electron chi connectivity index (χ1n) is 8.58. The molecule has 5 heteroatoms. The van der Waals surface area contributed by atoms with Gasteiger partial charge in [-0.3, -0.25) is 0 Å². The molecule has 0 unspecified atom stereocenters. The Hall–Kier alpha value is -1.59. The van der Waals surface area contributed by atoms with Crippen molar-refractivity contribution in [3.05, 3.63) is 29.8 Å². The lowest BCUT2D eigenvalue weighted by Crippen LogP contribution is -2.57. The maximum atomic E-state index is 12.4. The van der Waals surface area contributed by atoms with Gasteiger partial charge in [0.05, 0.1) is 12.2 Å². The zero-order valence-electron chi connectivity index (χ0n) is 14.2. The summed E-state index contributed by atoms with van der Waals surface area (Å²) >= 11 is 0. The van der Waals surface area contributed by atoms with E-state index in [4.69, 9.17) is 4.74 Å². The van der Waals surface area contributed by atoms with E-state index in [0.717, 1.165) is 57.7 Å². The van der Waals surface area contributed by atoms with Crippen molar-refractivity contribution in [2.24, 2.45) is 0 Å². The maximum Gasteiger partial charge on any atom is 0.321 e. The molecule has 1 aromatic rings. The first-order chi connectivity index (χ1) is 11.1. The van der Waals surface area contributed by atoms with Crippen LogP contribution in [0.5, 0.6) is 0 Å². The van der Waals surface area contributed by atoms with Crippen molar-refractivity contribution in [1.82, 2.24) is 9.80 Å². The lowest BCUT2D eigenvalue weighted by atomic mass is 9.89. The third-order valence-electron chi connectivity index (χ3n) is 5.01. The standard InChI is InChI=1S/C18H27N3O2/c1-3-15-4-6-16(7-5-15)19-17(22)21-10-8-18(9-11-21)14-20(2)12-13-23-18/h4-7H,3,8-14H2,1-2H3,(H,19,22). The number of hydrogen-bond donors (Lipinski definition) is 1. The van der Waals surface area contributed by atoms with Crippen LogP contribution in [0.25, 0.3) is 0 Å². The number of carbonyl (C=O) groups is 1. The molecule has 0 bridgehead atoms. The number of rotatable bonds is 2. The van der Waals surface area contributed by atoms with Gasteiger partial charge in [-0.1, -0.05) is 19.1 Å². The van der Waals surface area contributed by atoms with E-state index in [-0.39, 0.29) is 11.6 Å². The second kappa shape index (κ2) is 6.89. The number of likely N-dealkylation sites (tertiary alicyclic amines) is 1. The van der Waals surface area contributed by atoms with Crippen LogP contribution in [0.1, 0.15) is 25.3 Å². The van der Waals surface area contributed by atoms with Crippen molar-refractivity contribution in [1.29, 1.82) is 0 Å². The number of piperidine rings is 1. The van der Waals surface area contributed by atoms with Crippen LogP contribution in [0.4, 0.5) is 10.5 Å². The molecule has 2 heterocycles. The average Bonchev–Trinajstić information content (AvgIpc) is 2.56. The molecule has 1 aromatic carbocycles. The number of likely N-dealkylation sites (N-methyl/N-ethyl adjacent to an activating group) is 1. The molecular formula is C18H27N3O2. The molecule has 2 aliphatic rings. The lowest BCUT2D eigenvalue weighted by Gasteiger charge is -2.46. The summed E-state index contributed by atoms with van der Waals surface area (Å²) in [6, 6.07) is 8.06. The van der Waals surface area contributed by atoms with Crippen LogP contribution < -0.4 is 5.32 Å². The number of nitrogens with zero attached hydrogens (tertiary/aromatic N) is 2. The van der Waals surface area contributed by atoms with Gasteiger partial charge in [-0.15, -0.1) is 0 Å². The summed E-state index contributed by atoms with van der Waals surface area (Å²) in [6.07, 6.45) is 2.84. The largest absolute Gasteiger partial charge is 0.372 e. The Balaban J connectivity index is 1.53.